The topological polar surface area (TPSA) is 50.4 Å². The Bertz CT molecular complexity index is 862. The van der Waals surface area contributed by atoms with E-state index in [-0.39, 0.29) is 30.2 Å². The number of carbonyl (C=O) groups excluding carboxylic acids is 1. The van der Waals surface area contributed by atoms with Crippen LogP contribution in [0.2, 0.25) is 0 Å². The number of alkyl carbamates (subject to hydrolysis) is 1. The molecule has 0 unspecified atom stereocenters. The molecule has 2 fully saturated rings. The molecular weight excluding hydrogens is 420 g/mol. The summed E-state index contributed by atoms with van der Waals surface area (Å²) in [6.45, 7) is 9.63. The second-order valence-corrected chi connectivity index (χ2v) is 10.9. The second-order valence-electron chi connectivity index (χ2n) is 10.9. The minimum Gasteiger partial charge on any atom is -0.445 e. The Labute approximate surface area is 205 Å². The number of ether oxygens (including phenoxy) is 1. The predicted octanol–water partition coefficient (Wildman–Crippen LogP) is 6.85. The predicted molar refractivity (Wildman–Crippen MR) is 140 cm³/mol. The molecule has 2 N–H and O–H groups in total. The SMILES string of the molecule is CC(C)c1ccc(C(c2ccc(C(C)C)cc2)[C@H]2C[C@@H](OC(=O)NC3CCCCC3)CN2)cc1. The van der Waals surface area contributed by atoms with E-state index in [0.717, 1.165) is 19.3 Å². The Morgan fingerprint density at radius 1 is 0.824 bits per heavy atom. The Morgan fingerprint density at radius 3 is 1.82 bits per heavy atom. The molecule has 0 bridgehead atoms. The molecule has 1 heterocycles. The molecule has 2 atom stereocenters. The van der Waals surface area contributed by atoms with Crippen LogP contribution in [-0.4, -0.2) is 30.8 Å². The zero-order valence-corrected chi connectivity index (χ0v) is 21.3. The van der Waals surface area contributed by atoms with Gasteiger partial charge in [-0.15, -0.1) is 0 Å². The largest absolute Gasteiger partial charge is 0.445 e. The summed E-state index contributed by atoms with van der Waals surface area (Å²) in [6.07, 6.45) is 6.29. The van der Waals surface area contributed by atoms with Crippen molar-refractivity contribution >= 4 is 6.09 Å². The van der Waals surface area contributed by atoms with Gasteiger partial charge in [0.1, 0.15) is 6.10 Å². The molecular formula is C30H42N2O2. The van der Waals surface area contributed by atoms with Crippen molar-refractivity contribution in [2.75, 3.05) is 6.54 Å². The van der Waals surface area contributed by atoms with Gasteiger partial charge < -0.3 is 15.4 Å². The van der Waals surface area contributed by atoms with Crippen molar-refractivity contribution in [1.82, 2.24) is 10.6 Å². The first kappa shape index (κ1) is 24.8. The van der Waals surface area contributed by atoms with E-state index in [0.29, 0.717) is 18.4 Å². The molecule has 1 saturated heterocycles. The molecule has 184 valence electrons. The van der Waals surface area contributed by atoms with Crippen LogP contribution in [0.25, 0.3) is 0 Å². The zero-order chi connectivity index (χ0) is 24.1. The summed E-state index contributed by atoms with van der Waals surface area (Å²) in [4.78, 5) is 12.5. The van der Waals surface area contributed by atoms with Gasteiger partial charge in [0.15, 0.2) is 0 Å². The molecule has 1 saturated carbocycles. The smallest absolute Gasteiger partial charge is 0.407 e. The average molecular weight is 463 g/mol. The molecule has 4 nitrogen and oxygen atoms in total. The van der Waals surface area contributed by atoms with Crippen molar-refractivity contribution in [3.05, 3.63) is 70.8 Å². The van der Waals surface area contributed by atoms with Gasteiger partial charge >= 0.3 is 6.09 Å². The molecule has 1 amide bonds. The average Bonchev–Trinajstić information content (AvgIpc) is 3.28. The number of hydrogen-bond acceptors (Lipinski definition) is 3. The Balaban J connectivity index is 1.48. The van der Waals surface area contributed by atoms with Crippen LogP contribution in [0, 0.1) is 0 Å². The van der Waals surface area contributed by atoms with Gasteiger partial charge in [0.05, 0.1) is 0 Å². The lowest BCUT2D eigenvalue weighted by Crippen LogP contribution is -2.38. The summed E-state index contributed by atoms with van der Waals surface area (Å²) in [5.74, 6) is 1.25. The molecule has 0 aromatic heterocycles. The van der Waals surface area contributed by atoms with Gasteiger partial charge in [-0.05, 0) is 46.9 Å². The van der Waals surface area contributed by atoms with Crippen molar-refractivity contribution < 1.29 is 9.53 Å². The van der Waals surface area contributed by atoms with Crippen molar-refractivity contribution in [3.8, 4) is 0 Å². The Morgan fingerprint density at radius 2 is 1.32 bits per heavy atom. The first-order valence-corrected chi connectivity index (χ1v) is 13.3. The monoisotopic (exact) mass is 462 g/mol. The lowest BCUT2D eigenvalue weighted by Gasteiger charge is -2.26. The van der Waals surface area contributed by atoms with Crippen LogP contribution in [0.5, 0.6) is 0 Å². The van der Waals surface area contributed by atoms with Crippen LogP contribution >= 0.6 is 0 Å². The molecule has 0 radical (unpaired) electrons. The number of amides is 1. The normalized spacial score (nSPS) is 21.4. The molecule has 1 aliphatic heterocycles. The summed E-state index contributed by atoms with van der Waals surface area (Å²) < 4.78 is 5.85. The molecule has 4 heteroatoms. The fraction of sp³-hybridized carbons (Fsp3) is 0.567. The van der Waals surface area contributed by atoms with E-state index < -0.39 is 0 Å². The van der Waals surface area contributed by atoms with Crippen molar-refractivity contribution in [3.63, 3.8) is 0 Å². The third-order valence-electron chi connectivity index (χ3n) is 7.65. The first-order valence-electron chi connectivity index (χ1n) is 13.3. The highest BCUT2D eigenvalue weighted by Gasteiger charge is 2.34. The van der Waals surface area contributed by atoms with Crippen molar-refractivity contribution in [2.45, 2.75) is 102 Å². The van der Waals surface area contributed by atoms with Gasteiger partial charge in [0.25, 0.3) is 0 Å². The second kappa shape index (κ2) is 11.4. The summed E-state index contributed by atoms with van der Waals surface area (Å²) >= 11 is 0. The summed E-state index contributed by atoms with van der Waals surface area (Å²) in [6, 6.07) is 18.7. The first-order chi connectivity index (χ1) is 16.4. The molecule has 0 spiro atoms. The highest BCUT2D eigenvalue weighted by molar-refractivity contribution is 5.67. The summed E-state index contributed by atoms with van der Waals surface area (Å²) in [7, 11) is 0. The van der Waals surface area contributed by atoms with E-state index in [1.807, 2.05) is 0 Å². The molecule has 1 aliphatic carbocycles. The third-order valence-corrected chi connectivity index (χ3v) is 7.65. The van der Waals surface area contributed by atoms with E-state index in [1.54, 1.807) is 0 Å². The van der Waals surface area contributed by atoms with Crippen LogP contribution in [0.3, 0.4) is 0 Å². The molecule has 2 aromatic rings. The third kappa shape index (κ3) is 6.21. The van der Waals surface area contributed by atoms with Crippen LogP contribution in [0.4, 0.5) is 4.79 Å². The maximum Gasteiger partial charge on any atom is 0.407 e. The lowest BCUT2D eigenvalue weighted by molar-refractivity contribution is 0.101. The summed E-state index contributed by atoms with van der Waals surface area (Å²) in [5, 5.41) is 6.78. The van der Waals surface area contributed by atoms with Gasteiger partial charge in [-0.25, -0.2) is 4.79 Å². The Kier molecular flexibility index (Phi) is 8.31. The fourth-order valence-corrected chi connectivity index (χ4v) is 5.51. The molecule has 34 heavy (non-hydrogen) atoms. The lowest BCUT2D eigenvalue weighted by atomic mass is 9.82. The minimum absolute atomic E-state index is 0.0963. The summed E-state index contributed by atoms with van der Waals surface area (Å²) in [5.41, 5.74) is 5.34. The fourth-order valence-electron chi connectivity index (χ4n) is 5.51. The Hall–Kier alpha value is -2.33. The molecule has 2 aliphatic rings. The van der Waals surface area contributed by atoms with Gasteiger partial charge in [0, 0.05) is 31.0 Å². The van der Waals surface area contributed by atoms with E-state index in [2.05, 4.69) is 86.9 Å². The van der Waals surface area contributed by atoms with Gasteiger partial charge in [0.2, 0.25) is 0 Å². The number of rotatable bonds is 7. The highest BCUT2D eigenvalue weighted by Crippen LogP contribution is 2.34. The zero-order valence-electron chi connectivity index (χ0n) is 21.3. The van der Waals surface area contributed by atoms with E-state index in [9.17, 15) is 4.79 Å². The van der Waals surface area contributed by atoms with Crippen LogP contribution < -0.4 is 10.6 Å². The number of nitrogens with one attached hydrogen (secondary N) is 2. The van der Waals surface area contributed by atoms with Crippen LogP contribution in [0.1, 0.15) is 106 Å². The highest BCUT2D eigenvalue weighted by atomic mass is 16.6. The van der Waals surface area contributed by atoms with E-state index >= 15 is 0 Å². The van der Waals surface area contributed by atoms with Crippen LogP contribution in [-0.2, 0) is 4.74 Å². The van der Waals surface area contributed by atoms with Crippen molar-refractivity contribution in [1.29, 1.82) is 0 Å². The molecule has 2 aromatic carbocycles. The van der Waals surface area contributed by atoms with E-state index in [4.69, 9.17) is 4.74 Å². The van der Waals surface area contributed by atoms with Crippen LogP contribution in [0.15, 0.2) is 48.5 Å². The van der Waals surface area contributed by atoms with Crippen molar-refractivity contribution in [2.24, 2.45) is 0 Å². The van der Waals surface area contributed by atoms with Gasteiger partial charge in [-0.1, -0.05) is 95.5 Å². The van der Waals surface area contributed by atoms with Gasteiger partial charge in [-0.3, -0.25) is 0 Å². The minimum atomic E-state index is -0.251. The van der Waals surface area contributed by atoms with Gasteiger partial charge in [-0.2, -0.15) is 0 Å². The number of benzene rings is 2. The maximum absolute atomic E-state index is 12.5. The number of carbonyl (C=O) groups is 1. The number of hydrogen-bond donors (Lipinski definition) is 2. The quantitative estimate of drug-likeness (QED) is 0.473. The molecule has 4 rings (SSSR count). The maximum atomic E-state index is 12.5. The standard InChI is InChI=1S/C30H42N2O2/c1-20(2)22-10-14-24(15-11-22)29(25-16-12-23(13-17-25)21(3)4)28-18-27(19-31-28)34-30(33)32-26-8-6-5-7-9-26/h10-17,20-21,26-29,31H,5-9,18-19H2,1-4H3,(H,32,33)/t27-,28-/m1/s1. The van der Waals surface area contributed by atoms with E-state index in [1.165, 1.54) is 41.5 Å².